The molecule has 0 saturated heterocycles. The van der Waals surface area contributed by atoms with Gasteiger partial charge >= 0.3 is 0 Å². The molecule has 1 N–H and O–H groups in total. The fraction of sp³-hybridized carbons (Fsp3) is 0.417. The van der Waals surface area contributed by atoms with Crippen molar-refractivity contribution in [2.45, 2.75) is 6.42 Å². The second-order valence-electron chi connectivity index (χ2n) is 3.86. The third-order valence-corrected chi connectivity index (χ3v) is 2.29. The van der Waals surface area contributed by atoms with E-state index in [9.17, 15) is 9.90 Å². The summed E-state index contributed by atoms with van der Waals surface area (Å²) in [6.45, 7) is 0.700. The summed E-state index contributed by atoms with van der Waals surface area (Å²) in [7, 11) is 5.31. The molecule has 1 rings (SSSR count). The van der Waals surface area contributed by atoms with Crippen molar-refractivity contribution in [3.8, 4) is 11.5 Å². The van der Waals surface area contributed by atoms with Gasteiger partial charge in [0, 0.05) is 18.5 Å². The van der Waals surface area contributed by atoms with E-state index in [-0.39, 0.29) is 23.9 Å². The first-order chi connectivity index (χ1) is 7.54. The van der Waals surface area contributed by atoms with E-state index in [1.165, 1.54) is 13.2 Å². The van der Waals surface area contributed by atoms with Gasteiger partial charge in [0.1, 0.15) is 0 Å². The first kappa shape index (κ1) is 15.7. The zero-order valence-electron chi connectivity index (χ0n) is 10.3. The molecule has 0 aromatic heterocycles. The number of hydrogen-bond donors (Lipinski definition) is 1. The smallest absolute Gasteiger partial charge is 0.164 e. The Labute approximate surface area is 108 Å². The highest BCUT2D eigenvalue weighted by molar-refractivity contribution is 5.96. The molecule has 5 heteroatoms. The second-order valence-corrected chi connectivity index (χ2v) is 3.86. The maximum Gasteiger partial charge on any atom is 0.164 e. The Kier molecular flexibility index (Phi) is 6.61. The number of benzene rings is 1. The van der Waals surface area contributed by atoms with Crippen LogP contribution in [0.1, 0.15) is 16.8 Å². The fourth-order valence-electron chi connectivity index (χ4n) is 1.33. The number of halogens is 1. The van der Waals surface area contributed by atoms with Crippen molar-refractivity contribution in [3.05, 3.63) is 23.8 Å². The third-order valence-electron chi connectivity index (χ3n) is 2.29. The molecule has 0 fully saturated rings. The van der Waals surface area contributed by atoms with Crippen molar-refractivity contribution in [3.63, 3.8) is 0 Å². The number of carbonyl (C=O) groups is 1. The molecule has 96 valence electrons. The molecule has 17 heavy (non-hydrogen) atoms. The lowest BCUT2D eigenvalue weighted by atomic mass is 10.1. The average Bonchev–Trinajstić information content (AvgIpc) is 2.25. The van der Waals surface area contributed by atoms with E-state index in [0.717, 1.165) is 0 Å². The van der Waals surface area contributed by atoms with Gasteiger partial charge in [-0.05, 0) is 32.3 Å². The van der Waals surface area contributed by atoms with Gasteiger partial charge in [-0.25, -0.2) is 0 Å². The van der Waals surface area contributed by atoms with Gasteiger partial charge in [0.15, 0.2) is 17.3 Å². The van der Waals surface area contributed by atoms with E-state index in [4.69, 9.17) is 4.74 Å². The molecule has 0 aliphatic rings. The number of aromatic hydroxyl groups is 1. The first-order valence-electron chi connectivity index (χ1n) is 5.09. The van der Waals surface area contributed by atoms with Crippen molar-refractivity contribution in [1.29, 1.82) is 0 Å². The number of carbonyl (C=O) groups excluding carboxylic acids is 1. The molecule has 0 unspecified atom stereocenters. The van der Waals surface area contributed by atoms with Gasteiger partial charge in [0.2, 0.25) is 0 Å². The van der Waals surface area contributed by atoms with Crippen LogP contribution in [0.3, 0.4) is 0 Å². The molecule has 0 saturated carbocycles. The summed E-state index contributed by atoms with van der Waals surface area (Å²) >= 11 is 0. The van der Waals surface area contributed by atoms with Crippen LogP contribution in [0.15, 0.2) is 18.2 Å². The molecule has 1 aromatic carbocycles. The summed E-state index contributed by atoms with van der Waals surface area (Å²) in [5.41, 5.74) is 0.514. The quantitative estimate of drug-likeness (QED) is 0.822. The predicted molar refractivity (Wildman–Crippen MR) is 69.4 cm³/mol. The Morgan fingerprint density at radius 3 is 2.53 bits per heavy atom. The summed E-state index contributed by atoms with van der Waals surface area (Å²) in [6, 6.07) is 4.70. The van der Waals surface area contributed by atoms with Gasteiger partial charge in [0.25, 0.3) is 0 Å². The van der Waals surface area contributed by atoms with Crippen molar-refractivity contribution in [2.75, 3.05) is 27.7 Å². The van der Waals surface area contributed by atoms with E-state index in [2.05, 4.69) is 0 Å². The van der Waals surface area contributed by atoms with Crippen LogP contribution in [0.5, 0.6) is 11.5 Å². The molecule has 0 bridgehead atoms. The summed E-state index contributed by atoms with van der Waals surface area (Å²) in [6.07, 6.45) is 0.443. The highest BCUT2D eigenvalue weighted by Crippen LogP contribution is 2.26. The van der Waals surface area contributed by atoms with E-state index in [0.29, 0.717) is 24.3 Å². The third kappa shape index (κ3) is 4.63. The summed E-state index contributed by atoms with van der Waals surface area (Å²) in [5, 5.41) is 9.53. The Hall–Kier alpha value is -1.26. The van der Waals surface area contributed by atoms with Gasteiger partial charge in [-0.15, -0.1) is 12.4 Å². The van der Waals surface area contributed by atoms with Crippen LogP contribution in [0.25, 0.3) is 0 Å². The van der Waals surface area contributed by atoms with Crippen LogP contribution in [-0.2, 0) is 0 Å². The monoisotopic (exact) mass is 259 g/mol. The van der Waals surface area contributed by atoms with Crippen LogP contribution in [0.2, 0.25) is 0 Å². The Bertz CT molecular complexity index is 380. The number of nitrogens with zero attached hydrogens (tertiary/aromatic N) is 1. The van der Waals surface area contributed by atoms with Gasteiger partial charge in [-0.2, -0.15) is 0 Å². The van der Waals surface area contributed by atoms with E-state index in [1.807, 2.05) is 19.0 Å². The maximum atomic E-state index is 11.7. The number of hydrogen-bond acceptors (Lipinski definition) is 4. The fourth-order valence-corrected chi connectivity index (χ4v) is 1.33. The van der Waals surface area contributed by atoms with Crippen molar-refractivity contribution < 1.29 is 14.6 Å². The molecule has 0 atom stereocenters. The van der Waals surface area contributed by atoms with Gasteiger partial charge < -0.3 is 14.7 Å². The van der Waals surface area contributed by atoms with Crippen LogP contribution >= 0.6 is 12.4 Å². The summed E-state index contributed by atoms with van der Waals surface area (Å²) in [4.78, 5) is 13.7. The molecule has 0 radical (unpaired) electrons. The predicted octanol–water partition coefficient (Wildman–Crippen LogP) is 1.96. The Morgan fingerprint density at radius 2 is 2.06 bits per heavy atom. The molecule has 0 heterocycles. The standard InChI is InChI=1S/C12H17NO3.ClH/c1-13(2)7-6-10(14)9-4-5-12(16-3)11(15)8-9;/h4-5,8,15H,6-7H2,1-3H3;1H. The van der Waals surface area contributed by atoms with Gasteiger partial charge in [0.05, 0.1) is 7.11 Å². The maximum absolute atomic E-state index is 11.7. The number of rotatable bonds is 5. The minimum absolute atomic E-state index is 0. The van der Waals surface area contributed by atoms with Crippen LogP contribution in [0.4, 0.5) is 0 Å². The van der Waals surface area contributed by atoms with Crippen molar-refractivity contribution in [1.82, 2.24) is 4.90 Å². The summed E-state index contributed by atoms with van der Waals surface area (Å²) in [5.74, 6) is 0.397. The van der Waals surface area contributed by atoms with E-state index < -0.39 is 0 Å². The molecule has 0 amide bonds. The van der Waals surface area contributed by atoms with Gasteiger partial charge in [-0.3, -0.25) is 4.79 Å². The van der Waals surface area contributed by atoms with E-state index in [1.54, 1.807) is 12.1 Å². The highest BCUT2D eigenvalue weighted by atomic mass is 35.5. The highest BCUT2D eigenvalue weighted by Gasteiger charge is 2.09. The second kappa shape index (κ2) is 7.14. The zero-order chi connectivity index (χ0) is 12.1. The van der Waals surface area contributed by atoms with Crippen molar-refractivity contribution in [2.24, 2.45) is 0 Å². The Morgan fingerprint density at radius 1 is 1.41 bits per heavy atom. The Balaban J connectivity index is 0.00000256. The topological polar surface area (TPSA) is 49.8 Å². The average molecular weight is 260 g/mol. The number of phenols is 1. The lowest BCUT2D eigenvalue weighted by molar-refractivity contribution is 0.0972. The summed E-state index contributed by atoms with van der Waals surface area (Å²) < 4.78 is 4.91. The first-order valence-corrected chi connectivity index (χ1v) is 5.09. The minimum atomic E-state index is -0.00166. The molecule has 1 aromatic rings. The normalized spacial score (nSPS) is 9.88. The lowest BCUT2D eigenvalue weighted by Gasteiger charge is -2.09. The van der Waals surface area contributed by atoms with Crippen molar-refractivity contribution >= 4 is 18.2 Å². The van der Waals surface area contributed by atoms with Crippen LogP contribution in [0, 0.1) is 0 Å². The molecular weight excluding hydrogens is 242 g/mol. The van der Waals surface area contributed by atoms with Crippen LogP contribution < -0.4 is 4.74 Å². The molecule has 0 aliphatic carbocycles. The molecule has 4 nitrogen and oxygen atoms in total. The zero-order valence-corrected chi connectivity index (χ0v) is 11.1. The number of Topliss-reactive ketones (excluding diaryl/α,β-unsaturated/α-hetero) is 1. The minimum Gasteiger partial charge on any atom is -0.504 e. The molecule has 0 aliphatic heterocycles. The largest absolute Gasteiger partial charge is 0.504 e. The number of phenolic OH excluding ortho intramolecular Hbond substituents is 1. The van der Waals surface area contributed by atoms with Crippen LogP contribution in [-0.4, -0.2) is 43.5 Å². The van der Waals surface area contributed by atoms with Gasteiger partial charge in [-0.1, -0.05) is 0 Å². The van der Waals surface area contributed by atoms with E-state index >= 15 is 0 Å². The molecular formula is C12H18ClNO3. The SMILES string of the molecule is COc1ccc(C(=O)CCN(C)C)cc1O.Cl. The molecule has 0 spiro atoms. The lowest BCUT2D eigenvalue weighted by Crippen LogP contribution is -2.16. The number of ether oxygens (including phenoxy) is 1. The number of ketones is 1. The number of methoxy groups -OCH3 is 1.